The number of hydrogen-bond acceptors (Lipinski definition) is 9. The summed E-state index contributed by atoms with van der Waals surface area (Å²) in [5, 5.41) is 0. The fourth-order valence-corrected chi connectivity index (χ4v) is 13.4. The molecule has 14 aromatic carbocycles. The van der Waals surface area contributed by atoms with E-state index in [0.717, 1.165) is 68.2 Å². The summed E-state index contributed by atoms with van der Waals surface area (Å²) in [6.45, 7) is 6.43. The van der Waals surface area contributed by atoms with Crippen molar-refractivity contribution >= 4 is 96.7 Å². The first-order valence-electron chi connectivity index (χ1n) is 36.7. The molecule has 0 spiro atoms. The molecule has 14 aromatic rings. The van der Waals surface area contributed by atoms with E-state index in [4.69, 9.17) is 0 Å². The van der Waals surface area contributed by atoms with Crippen LogP contribution in [0.4, 0.5) is 96.7 Å². The van der Waals surface area contributed by atoms with E-state index < -0.39 is 0 Å². The van der Waals surface area contributed by atoms with Crippen LogP contribution in [0.1, 0.15) is 39.3 Å². The van der Waals surface area contributed by atoms with Gasteiger partial charge in [-0.1, -0.05) is 152 Å². The van der Waals surface area contributed by atoms with Crippen molar-refractivity contribution in [2.75, 3.05) is 115 Å². The molecular weight excluding hydrogens is 1370 g/mol. The predicted molar refractivity (Wildman–Crippen MR) is 470 cm³/mol. The topological polar surface area (TPSA) is 29.2 Å². The van der Waals surface area contributed by atoms with Gasteiger partial charge >= 0.3 is 0 Å². The Labute approximate surface area is 662 Å². The zero-order chi connectivity index (χ0) is 74.9. The van der Waals surface area contributed by atoms with Crippen molar-refractivity contribution < 1.29 is 18.6 Å². The Hall–Kier alpha value is -12.1. The summed E-state index contributed by atoms with van der Waals surface area (Å²) >= 11 is 0. The van der Waals surface area contributed by atoms with Gasteiger partial charge in [-0.25, -0.2) is 0 Å². The summed E-state index contributed by atoms with van der Waals surface area (Å²) in [5.41, 5.74) is 29.3. The first kappa shape index (κ1) is 79.4. The number of aryl methyl sites for hydroxylation is 3. The standard InChI is InChI=1S/C57H48N4.C25H31N3.C16H20N2.CH3.V/c1-43-16-13-25-55(40-43)59(46-19-7-4-8-20-46)52-34-28-49(29-35-52)58(50-30-36-53(37-31-50)60(47-21-9-5-10-22-47)56-26-14-17-44(2)41-56)51-32-38-54(39-33-51)61(48-23-11-6-12-24-48)57-27-15-18-45(3)42-57;1-26(2)22-13-7-19(8-14-22)25(20-9-15-23(16-10-20)27(3)4)21-11-17-24(18-12-21)28(5)6;1-17(2)15-9-5-13(6-10-15)14-7-11-16(12-8-14)18(3)4;;/h4-42H,1-3H3;7-18,25H,1-6H3;5-12H,1-4H3;1H3;/q;;;-1;. The van der Waals surface area contributed by atoms with Gasteiger partial charge in [0, 0.05) is 192 Å². The Morgan fingerprint density at radius 1 is 0.174 bits per heavy atom. The second kappa shape index (κ2) is 37.4. The van der Waals surface area contributed by atoms with Gasteiger partial charge in [-0.05, 0) is 272 Å². The van der Waals surface area contributed by atoms with Gasteiger partial charge in [0.25, 0.3) is 0 Å². The predicted octanol–water partition coefficient (Wildman–Crippen LogP) is 25.5. The van der Waals surface area contributed by atoms with Crippen molar-refractivity contribution in [2.45, 2.75) is 26.7 Å². The van der Waals surface area contributed by atoms with Gasteiger partial charge in [-0.2, -0.15) is 0 Å². The van der Waals surface area contributed by atoms with E-state index in [0.29, 0.717) is 0 Å². The summed E-state index contributed by atoms with van der Waals surface area (Å²) in [6, 6.07) is 128. The van der Waals surface area contributed by atoms with E-state index in [-0.39, 0.29) is 31.9 Å². The molecule has 14 rings (SSSR count). The molecule has 549 valence electrons. The fraction of sp³-hybridized carbons (Fsp3) is 0.141. The molecule has 1 radical (unpaired) electrons. The Kier molecular flexibility index (Phi) is 27.3. The molecule has 0 bridgehead atoms. The Morgan fingerprint density at radius 2 is 0.339 bits per heavy atom. The smallest absolute Gasteiger partial charge is 0.0464 e. The van der Waals surface area contributed by atoms with Gasteiger partial charge in [-0.15, -0.1) is 0 Å². The SMILES string of the molecule is CN(C)c1ccc(-c2ccc(N(C)C)cc2)cc1.CN(C)c1ccc(C(c2ccc(N(C)C)cc2)c2ccc(N(C)C)cc2)cc1.Cc1cccc(N(c2ccccc2)c2ccc(N(c3ccc(N(c4ccccc4)c4cccc(C)c4)cc3)c3ccc(N(c4ccccc4)c4cccc(C)c4)cc3)cc2)c1.[CH3-].[V]. The van der Waals surface area contributed by atoms with Crippen molar-refractivity contribution in [1.82, 2.24) is 0 Å². The minimum absolute atomic E-state index is 0. The van der Waals surface area contributed by atoms with Crippen LogP contribution in [0.15, 0.2) is 358 Å². The molecule has 0 aliphatic heterocycles. The van der Waals surface area contributed by atoms with E-state index >= 15 is 0 Å². The van der Waals surface area contributed by atoms with Gasteiger partial charge < -0.3 is 51.5 Å². The third kappa shape index (κ3) is 19.9. The fourth-order valence-electron chi connectivity index (χ4n) is 13.4. The zero-order valence-corrected chi connectivity index (χ0v) is 67.0. The summed E-state index contributed by atoms with van der Waals surface area (Å²) in [5.74, 6) is 0.212. The largest absolute Gasteiger partial charge is 0.378 e. The van der Waals surface area contributed by atoms with Gasteiger partial charge in [0.1, 0.15) is 0 Å². The Morgan fingerprint density at radius 3 is 0.532 bits per heavy atom. The minimum Gasteiger partial charge on any atom is -0.378 e. The van der Waals surface area contributed by atoms with Crippen molar-refractivity contribution in [3.63, 3.8) is 0 Å². The van der Waals surface area contributed by atoms with Crippen molar-refractivity contribution in [3.8, 4) is 11.1 Å². The van der Waals surface area contributed by atoms with Gasteiger partial charge in [0.15, 0.2) is 0 Å². The average molecular weight is 1470 g/mol. The van der Waals surface area contributed by atoms with E-state index in [9.17, 15) is 0 Å². The van der Waals surface area contributed by atoms with Crippen molar-refractivity contribution in [1.29, 1.82) is 0 Å². The normalized spacial score (nSPS) is 10.6. The van der Waals surface area contributed by atoms with E-state index in [2.05, 4.69) is 493 Å². The van der Waals surface area contributed by atoms with Crippen molar-refractivity contribution in [3.05, 3.63) is 399 Å². The summed E-state index contributed by atoms with van der Waals surface area (Å²) in [4.78, 5) is 19.9. The third-order valence-corrected chi connectivity index (χ3v) is 19.3. The molecule has 0 aromatic heterocycles. The molecule has 0 heterocycles. The summed E-state index contributed by atoms with van der Waals surface area (Å²) in [7, 11) is 20.7. The molecule has 109 heavy (non-hydrogen) atoms. The number of nitrogens with zero attached hydrogens (tertiary/aromatic N) is 9. The Bertz CT molecular complexity index is 4590. The first-order chi connectivity index (χ1) is 51.9. The first-order valence-corrected chi connectivity index (χ1v) is 36.7. The molecule has 0 atom stereocenters. The van der Waals surface area contributed by atoms with Crippen LogP contribution in [0.2, 0.25) is 0 Å². The van der Waals surface area contributed by atoms with E-state index in [1.54, 1.807) is 0 Å². The Balaban J connectivity index is 0.000000216. The van der Waals surface area contributed by atoms with Crippen LogP contribution in [0.3, 0.4) is 0 Å². The van der Waals surface area contributed by atoms with Crippen LogP contribution in [0.25, 0.3) is 11.1 Å². The number of para-hydroxylation sites is 3. The maximum atomic E-state index is 2.34. The van der Waals surface area contributed by atoms with Gasteiger partial charge in [-0.3, -0.25) is 0 Å². The van der Waals surface area contributed by atoms with Crippen LogP contribution >= 0.6 is 0 Å². The van der Waals surface area contributed by atoms with E-state index in [1.807, 2.05) is 0 Å². The molecule has 10 heteroatoms. The van der Waals surface area contributed by atoms with Gasteiger partial charge in [0.05, 0.1) is 0 Å². The maximum Gasteiger partial charge on any atom is 0.0464 e. The molecule has 0 fully saturated rings. The average Bonchev–Trinajstić information content (AvgIpc) is 0.822. The van der Waals surface area contributed by atoms with Crippen LogP contribution in [0.5, 0.6) is 0 Å². The number of anilines is 17. The molecular formula is C99H102N9V-. The van der Waals surface area contributed by atoms with E-state index in [1.165, 1.54) is 72.9 Å². The summed E-state index contributed by atoms with van der Waals surface area (Å²) < 4.78 is 0. The molecule has 0 amide bonds. The second-order valence-corrected chi connectivity index (χ2v) is 28.2. The number of benzene rings is 14. The second-order valence-electron chi connectivity index (χ2n) is 28.2. The summed E-state index contributed by atoms with van der Waals surface area (Å²) in [6.07, 6.45) is 0. The molecule has 0 unspecified atom stereocenters. The number of rotatable bonds is 21. The van der Waals surface area contributed by atoms with Crippen LogP contribution in [0, 0.1) is 28.2 Å². The monoisotopic (exact) mass is 1470 g/mol. The maximum absolute atomic E-state index is 2.34. The number of hydrogen-bond donors (Lipinski definition) is 0. The van der Waals surface area contributed by atoms with Crippen LogP contribution in [-0.2, 0) is 18.6 Å². The molecule has 9 nitrogen and oxygen atoms in total. The van der Waals surface area contributed by atoms with Crippen LogP contribution in [-0.4, -0.2) is 70.5 Å². The minimum atomic E-state index is 0. The molecule has 0 N–H and O–H groups in total. The van der Waals surface area contributed by atoms with Crippen molar-refractivity contribution in [2.24, 2.45) is 0 Å². The molecule has 0 aliphatic rings. The molecule has 0 aliphatic carbocycles. The zero-order valence-electron chi connectivity index (χ0n) is 65.6. The quantitative estimate of drug-likeness (QED) is 0.0516. The third-order valence-electron chi connectivity index (χ3n) is 19.3. The molecule has 0 saturated heterocycles. The van der Waals surface area contributed by atoms with Gasteiger partial charge in [0.2, 0.25) is 0 Å². The molecule has 0 saturated carbocycles. The van der Waals surface area contributed by atoms with Crippen LogP contribution < -0.4 is 44.1 Å².